The standard InChI is InChI=1S/C16H14ClF3N6/c1-8-11(7-26(25-8)10-5-3-9(17)4-6-10)13-12(16(18,19)20)14(22-2)24-15(21)23-13/h3-7H,1-2H3,(H3,21,22,23,24). The van der Waals surface area contributed by atoms with Gasteiger partial charge in [-0.3, -0.25) is 0 Å². The molecule has 0 unspecified atom stereocenters. The number of nitrogens with zero attached hydrogens (tertiary/aromatic N) is 4. The van der Waals surface area contributed by atoms with E-state index in [9.17, 15) is 13.2 Å². The lowest BCUT2D eigenvalue weighted by atomic mass is 10.1. The summed E-state index contributed by atoms with van der Waals surface area (Å²) in [5.41, 5.74) is 5.50. The summed E-state index contributed by atoms with van der Waals surface area (Å²) >= 11 is 5.86. The Morgan fingerprint density at radius 2 is 1.81 bits per heavy atom. The SMILES string of the molecule is CNc1nc(N)nc(-c2cn(-c3ccc(Cl)cc3)nc2C)c1C(F)(F)F. The number of nitrogens with one attached hydrogen (secondary N) is 1. The van der Waals surface area contributed by atoms with Gasteiger partial charge in [0.05, 0.1) is 17.1 Å². The van der Waals surface area contributed by atoms with E-state index >= 15 is 0 Å². The fraction of sp³-hybridized carbons (Fsp3) is 0.188. The van der Waals surface area contributed by atoms with Crippen LogP contribution < -0.4 is 11.1 Å². The van der Waals surface area contributed by atoms with Gasteiger partial charge < -0.3 is 11.1 Å². The van der Waals surface area contributed by atoms with Crippen LogP contribution >= 0.6 is 11.6 Å². The Kier molecular flexibility index (Phi) is 4.49. The molecule has 0 bridgehead atoms. The zero-order valence-corrected chi connectivity index (χ0v) is 14.5. The third kappa shape index (κ3) is 3.30. The van der Waals surface area contributed by atoms with Crippen molar-refractivity contribution < 1.29 is 13.2 Å². The van der Waals surface area contributed by atoms with Crippen molar-refractivity contribution in [1.29, 1.82) is 0 Å². The van der Waals surface area contributed by atoms with Gasteiger partial charge in [-0.1, -0.05) is 11.6 Å². The molecule has 0 aliphatic heterocycles. The van der Waals surface area contributed by atoms with E-state index in [2.05, 4.69) is 20.4 Å². The van der Waals surface area contributed by atoms with Crippen molar-refractivity contribution in [3.63, 3.8) is 0 Å². The smallest absolute Gasteiger partial charge is 0.372 e. The van der Waals surface area contributed by atoms with Crippen molar-refractivity contribution in [2.75, 3.05) is 18.1 Å². The maximum atomic E-state index is 13.6. The largest absolute Gasteiger partial charge is 0.422 e. The quantitative estimate of drug-likeness (QED) is 0.717. The highest BCUT2D eigenvalue weighted by atomic mass is 35.5. The van der Waals surface area contributed by atoms with E-state index in [4.69, 9.17) is 17.3 Å². The molecule has 0 amide bonds. The van der Waals surface area contributed by atoms with Gasteiger partial charge in [0, 0.05) is 23.8 Å². The fourth-order valence-corrected chi connectivity index (χ4v) is 2.67. The number of benzene rings is 1. The third-order valence-corrected chi connectivity index (χ3v) is 3.94. The molecular weight excluding hydrogens is 369 g/mol. The first-order valence-corrected chi connectivity index (χ1v) is 7.83. The van der Waals surface area contributed by atoms with Gasteiger partial charge in [0.25, 0.3) is 0 Å². The van der Waals surface area contributed by atoms with Gasteiger partial charge in [0.15, 0.2) is 0 Å². The van der Waals surface area contributed by atoms with Crippen LogP contribution in [-0.2, 0) is 6.18 Å². The number of alkyl halides is 3. The van der Waals surface area contributed by atoms with Crippen LogP contribution in [0.1, 0.15) is 11.3 Å². The lowest BCUT2D eigenvalue weighted by molar-refractivity contribution is -0.136. The summed E-state index contributed by atoms with van der Waals surface area (Å²) in [5.74, 6) is -0.658. The van der Waals surface area contributed by atoms with Gasteiger partial charge in [-0.2, -0.15) is 23.3 Å². The summed E-state index contributed by atoms with van der Waals surface area (Å²) in [7, 11) is 1.34. The van der Waals surface area contributed by atoms with E-state index in [1.165, 1.54) is 17.9 Å². The number of aromatic nitrogens is 4. The highest BCUT2D eigenvalue weighted by Gasteiger charge is 2.39. The molecule has 3 aromatic rings. The summed E-state index contributed by atoms with van der Waals surface area (Å²) in [6.45, 7) is 1.60. The zero-order valence-electron chi connectivity index (χ0n) is 13.8. The lowest BCUT2D eigenvalue weighted by Gasteiger charge is -2.15. The second-order valence-electron chi connectivity index (χ2n) is 5.45. The molecule has 3 rings (SSSR count). The molecule has 136 valence electrons. The topological polar surface area (TPSA) is 81.6 Å². The van der Waals surface area contributed by atoms with Crippen molar-refractivity contribution in [1.82, 2.24) is 19.7 Å². The fourth-order valence-electron chi connectivity index (χ4n) is 2.54. The summed E-state index contributed by atoms with van der Waals surface area (Å²) in [4.78, 5) is 7.47. The maximum Gasteiger partial charge on any atom is 0.422 e. The van der Waals surface area contributed by atoms with E-state index in [1.807, 2.05) is 0 Å². The molecule has 3 N–H and O–H groups in total. The van der Waals surface area contributed by atoms with E-state index in [0.717, 1.165) is 0 Å². The Balaban J connectivity index is 2.21. The molecule has 0 saturated heterocycles. The van der Waals surface area contributed by atoms with E-state index in [0.29, 0.717) is 16.4 Å². The van der Waals surface area contributed by atoms with Crippen LogP contribution in [0.3, 0.4) is 0 Å². The normalized spacial score (nSPS) is 11.6. The summed E-state index contributed by atoms with van der Waals surface area (Å²) in [6, 6.07) is 6.74. The summed E-state index contributed by atoms with van der Waals surface area (Å²) in [6.07, 6.45) is -3.20. The van der Waals surface area contributed by atoms with Gasteiger partial charge in [-0.05, 0) is 31.2 Å². The number of hydrogen-bond acceptors (Lipinski definition) is 5. The molecule has 1 aromatic carbocycles. The van der Waals surface area contributed by atoms with E-state index < -0.39 is 17.6 Å². The van der Waals surface area contributed by atoms with Crippen LogP contribution in [0.2, 0.25) is 5.02 Å². The van der Waals surface area contributed by atoms with Crippen LogP contribution in [0.15, 0.2) is 30.5 Å². The Bertz CT molecular complexity index is 950. The van der Waals surface area contributed by atoms with Crippen LogP contribution in [0.25, 0.3) is 16.9 Å². The molecule has 0 spiro atoms. The van der Waals surface area contributed by atoms with Crippen molar-refractivity contribution >= 4 is 23.4 Å². The minimum atomic E-state index is -4.67. The van der Waals surface area contributed by atoms with Crippen molar-refractivity contribution in [3.8, 4) is 16.9 Å². The first kappa shape index (κ1) is 18.0. The van der Waals surface area contributed by atoms with Crippen LogP contribution in [-0.4, -0.2) is 26.8 Å². The van der Waals surface area contributed by atoms with E-state index in [1.54, 1.807) is 31.2 Å². The zero-order chi connectivity index (χ0) is 19.1. The lowest BCUT2D eigenvalue weighted by Crippen LogP contribution is -2.15. The van der Waals surface area contributed by atoms with Gasteiger partial charge >= 0.3 is 6.18 Å². The highest BCUT2D eigenvalue weighted by Crippen LogP contribution is 2.41. The number of hydrogen-bond donors (Lipinski definition) is 2. The predicted octanol–water partition coefficient (Wildman–Crippen LogP) is 3.93. The van der Waals surface area contributed by atoms with Crippen molar-refractivity contribution in [2.24, 2.45) is 0 Å². The second-order valence-corrected chi connectivity index (χ2v) is 5.89. The molecule has 0 aliphatic carbocycles. The number of nitrogens with two attached hydrogens (primary N) is 1. The van der Waals surface area contributed by atoms with E-state index in [-0.39, 0.29) is 17.2 Å². The predicted molar refractivity (Wildman–Crippen MR) is 93.3 cm³/mol. The number of halogens is 4. The molecule has 0 fully saturated rings. The first-order chi connectivity index (χ1) is 12.2. The van der Waals surface area contributed by atoms with Gasteiger partial charge in [0.1, 0.15) is 11.4 Å². The minimum Gasteiger partial charge on any atom is -0.372 e. The first-order valence-electron chi connectivity index (χ1n) is 7.45. The molecule has 2 aromatic heterocycles. The highest BCUT2D eigenvalue weighted by molar-refractivity contribution is 6.30. The number of nitrogen functional groups attached to an aromatic ring is 1. The van der Waals surface area contributed by atoms with Gasteiger partial charge in [-0.25, -0.2) is 9.67 Å². The van der Waals surface area contributed by atoms with Crippen molar-refractivity contribution in [3.05, 3.63) is 46.7 Å². The van der Waals surface area contributed by atoms with Crippen LogP contribution in [0.5, 0.6) is 0 Å². The Labute approximate surface area is 151 Å². The number of aryl methyl sites for hydroxylation is 1. The Hall–Kier alpha value is -2.81. The summed E-state index contributed by atoms with van der Waals surface area (Å²) in [5, 5.41) is 7.25. The van der Waals surface area contributed by atoms with Crippen LogP contribution in [0.4, 0.5) is 24.9 Å². The maximum absolute atomic E-state index is 13.6. The molecule has 10 heteroatoms. The average molecular weight is 383 g/mol. The Morgan fingerprint density at radius 1 is 1.15 bits per heavy atom. The molecule has 0 aliphatic rings. The molecule has 0 radical (unpaired) electrons. The third-order valence-electron chi connectivity index (χ3n) is 3.69. The second kappa shape index (κ2) is 6.49. The number of anilines is 2. The summed E-state index contributed by atoms with van der Waals surface area (Å²) < 4.78 is 42.3. The number of rotatable bonds is 3. The molecule has 0 atom stereocenters. The van der Waals surface area contributed by atoms with Gasteiger partial charge in [-0.15, -0.1) is 0 Å². The van der Waals surface area contributed by atoms with Crippen molar-refractivity contribution in [2.45, 2.75) is 13.1 Å². The molecular formula is C16H14ClF3N6. The molecule has 26 heavy (non-hydrogen) atoms. The molecule has 0 saturated carbocycles. The van der Waals surface area contributed by atoms with Gasteiger partial charge in [0.2, 0.25) is 5.95 Å². The van der Waals surface area contributed by atoms with Crippen LogP contribution in [0, 0.1) is 6.92 Å². The minimum absolute atomic E-state index is 0.206. The monoisotopic (exact) mass is 382 g/mol. The Morgan fingerprint density at radius 3 is 2.38 bits per heavy atom. The molecule has 2 heterocycles. The average Bonchev–Trinajstić information content (AvgIpc) is 2.95. The molecule has 6 nitrogen and oxygen atoms in total.